The van der Waals surface area contributed by atoms with Crippen molar-refractivity contribution >= 4 is 46.1 Å². The van der Waals surface area contributed by atoms with Crippen LogP contribution in [0.4, 0.5) is 0 Å². The SMILES string of the molecule is CN1CCCC1=NCCSc1cn(Cc2ccc(Cl)cc2)c2ccccc12.O=C(O)c1ccccc1. The summed E-state index contributed by atoms with van der Waals surface area (Å²) in [6, 6.07) is 25.0. The summed E-state index contributed by atoms with van der Waals surface area (Å²) in [5, 5.41) is 10.5. The van der Waals surface area contributed by atoms with Gasteiger partial charge in [0, 0.05) is 59.3 Å². The molecule has 1 aliphatic rings. The zero-order valence-corrected chi connectivity index (χ0v) is 21.9. The van der Waals surface area contributed by atoms with Gasteiger partial charge in [-0.05, 0) is 42.3 Å². The number of para-hydroxylation sites is 1. The Morgan fingerprint density at radius 1 is 1.03 bits per heavy atom. The van der Waals surface area contributed by atoms with Crippen molar-refractivity contribution in [2.75, 3.05) is 25.9 Å². The number of likely N-dealkylation sites (tertiary alicyclic amines) is 1. The number of rotatable bonds is 7. The number of aromatic carboxylic acids is 1. The van der Waals surface area contributed by atoms with Crippen molar-refractivity contribution < 1.29 is 9.90 Å². The lowest BCUT2D eigenvalue weighted by Crippen LogP contribution is -2.19. The average molecular weight is 520 g/mol. The molecule has 5 nitrogen and oxygen atoms in total. The Kier molecular flexibility index (Phi) is 9.09. The minimum absolute atomic E-state index is 0.331. The van der Waals surface area contributed by atoms with Gasteiger partial charge in [-0.1, -0.05) is 60.1 Å². The summed E-state index contributed by atoms with van der Waals surface area (Å²) in [6.07, 6.45) is 4.64. The second-order valence-corrected chi connectivity index (χ2v) is 10.2. The van der Waals surface area contributed by atoms with Crippen LogP contribution in [0.3, 0.4) is 0 Å². The fourth-order valence-electron chi connectivity index (χ4n) is 4.15. The van der Waals surface area contributed by atoms with Crippen LogP contribution in [0.5, 0.6) is 0 Å². The average Bonchev–Trinajstić information content (AvgIpc) is 3.47. The van der Waals surface area contributed by atoms with E-state index in [2.05, 4.69) is 59.1 Å². The molecule has 36 heavy (non-hydrogen) atoms. The van der Waals surface area contributed by atoms with Crippen molar-refractivity contribution in [3.8, 4) is 0 Å². The largest absolute Gasteiger partial charge is 0.478 e. The Morgan fingerprint density at radius 2 is 1.75 bits per heavy atom. The molecule has 0 aliphatic carbocycles. The number of carboxylic acid groups (broad SMARTS) is 1. The molecule has 1 N–H and O–H groups in total. The molecule has 0 saturated carbocycles. The summed E-state index contributed by atoms with van der Waals surface area (Å²) in [5.41, 5.74) is 2.86. The van der Waals surface area contributed by atoms with Crippen LogP contribution in [0, 0.1) is 0 Å². The maximum absolute atomic E-state index is 10.2. The Hall–Kier alpha value is -3.22. The number of carboxylic acids is 1. The summed E-state index contributed by atoms with van der Waals surface area (Å²) < 4.78 is 2.33. The van der Waals surface area contributed by atoms with Crippen molar-refractivity contribution in [1.82, 2.24) is 9.47 Å². The lowest BCUT2D eigenvalue weighted by molar-refractivity contribution is 0.0697. The number of carbonyl (C=O) groups is 1. The number of hydrogen-bond donors (Lipinski definition) is 1. The highest BCUT2D eigenvalue weighted by molar-refractivity contribution is 7.99. The molecule has 2 heterocycles. The van der Waals surface area contributed by atoms with Crippen molar-refractivity contribution in [3.63, 3.8) is 0 Å². The lowest BCUT2D eigenvalue weighted by atomic mass is 10.2. The number of hydrogen-bond acceptors (Lipinski definition) is 3. The summed E-state index contributed by atoms with van der Waals surface area (Å²) in [7, 11) is 2.14. The molecule has 0 bridgehead atoms. The van der Waals surface area contributed by atoms with Crippen LogP contribution in [0.15, 0.2) is 94.9 Å². The van der Waals surface area contributed by atoms with Gasteiger partial charge in [-0.3, -0.25) is 4.99 Å². The predicted molar refractivity (Wildman–Crippen MR) is 151 cm³/mol. The molecule has 186 valence electrons. The van der Waals surface area contributed by atoms with Gasteiger partial charge in [0.1, 0.15) is 0 Å². The Labute approximate surface area is 221 Å². The molecule has 1 saturated heterocycles. The molecule has 3 aromatic carbocycles. The van der Waals surface area contributed by atoms with Crippen molar-refractivity contribution in [1.29, 1.82) is 0 Å². The molecule has 0 spiro atoms. The predicted octanol–water partition coefficient (Wildman–Crippen LogP) is 6.94. The van der Waals surface area contributed by atoms with Crippen LogP contribution in [0.25, 0.3) is 10.9 Å². The molecule has 4 aromatic rings. The van der Waals surface area contributed by atoms with Gasteiger partial charge in [-0.25, -0.2) is 4.79 Å². The molecule has 5 rings (SSSR count). The van der Waals surface area contributed by atoms with Gasteiger partial charge in [0.05, 0.1) is 17.9 Å². The molecule has 1 fully saturated rings. The van der Waals surface area contributed by atoms with Crippen LogP contribution >= 0.6 is 23.4 Å². The normalized spacial score (nSPS) is 14.2. The molecular formula is C29H30ClN3O2S. The van der Waals surface area contributed by atoms with Crippen molar-refractivity contribution in [2.45, 2.75) is 24.3 Å². The second-order valence-electron chi connectivity index (χ2n) is 8.61. The van der Waals surface area contributed by atoms with E-state index in [9.17, 15) is 4.79 Å². The summed E-state index contributed by atoms with van der Waals surface area (Å²) in [5.74, 6) is 1.39. The van der Waals surface area contributed by atoms with Crippen molar-refractivity contribution in [3.05, 3.63) is 101 Å². The molecule has 1 aromatic heterocycles. The summed E-state index contributed by atoms with van der Waals surface area (Å²) in [6.45, 7) is 2.87. The minimum atomic E-state index is -0.879. The van der Waals surface area contributed by atoms with Gasteiger partial charge in [0.2, 0.25) is 0 Å². The standard InChI is InChI=1S/C22H24ClN3S.C7H6O2/c1-25-13-4-7-22(25)24-12-14-27-21-16-26(20-6-3-2-5-19(20)21)15-17-8-10-18(23)11-9-17;8-7(9)6-4-2-1-3-5-6/h2-3,5-6,8-11,16H,4,7,12-15H2,1H3;1-5H,(H,8,9). The third-order valence-corrected chi connectivity index (χ3v) is 7.29. The number of amidine groups is 1. The number of nitrogens with zero attached hydrogens (tertiary/aromatic N) is 3. The topological polar surface area (TPSA) is 57.8 Å². The smallest absolute Gasteiger partial charge is 0.335 e. The highest BCUT2D eigenvalue weighted by Crippen LogP contribution is 2.30. The monoisotopic (exact) mass is 519 g/mol. The van der Waals surface area contributed by atoms with E-state index in [-0.39, 0.29) is 0 Å². The minimum Gasteiger partial charge on any atom is -0.478 e. The molecular weight excluding hydrogens is 490 g/mol. The fraction of sp³-hybridized carbons (Fsp3) is 0.241. The van der Waals surface area contributed by atoms with Crippen LogP contribution in [-0.2, 0) is 6.54 Å². The number of fused-ring (bicyclic) bond motifs is 1. The molecule has 7 heteroatoms. The van der Waals surface area contributed by atoms with E-state index in [0.29, 0.717) is 5.56 Å². The Balaban J connectivity index is 0.000000286. The Bertz CT molecular complexity index is 1320. The van der Waals surface area contributed by atoms with E-state index >= 15 is 0 Å². The van der Waals surface area contributed by atoms with E-state index in [0.717, 1.165) is 36.8 Å². The molecule has 0 amide bonds. The maximum atomic E-state index is 10.2. The van der Waals surface area contributed by atoms with Crippen LogP contribution in [-0.4, -0.2) is 52.3 Å². The van der Waals surface area contributed by atoms with Crippen LogP contribution in [0.1, 0.15) is 28.8 Å². The zero-order chi connectivity index (χ0) is 25.3. The van der Waals surface area contributed by atoms with E-state index in [4.69, 9.17) is 21.7 Å². The quantitative estimate of drug-likeness (QED) is 0.212. The zero-order valence-electron chi connectivity index (χ0n) is 20.3. The third-order valence-electron chi connectivity index (χ3n) is 6.02. The van der Waals surface area contributed by atoms with Gasteiger partial charge >= 0.3 is 5.97 Å². The van der Waals surface area contributed by atoms with Crippen molar-refractivity contribution in [2.24, 2.45) is 4.99 Å². The van der Waals surface area contributed by atoms with E-state index in [1.54, 1.807) is 30.3 Å². The summed E-state index contributed by atoms with van der Waals surface area (Å²) >= 11 is 7.92. The maximum Gasteiger partial charge on any atom is 0.335 e. The second kappa shape index (κ2) is 12.7. The highest BCUT2D eigenvalue weighted by atomic mass is 35.5. The van der Waals surface area contributed by atoms with Gasteiger partial charge < -0.3 is 14.6 Å². The number of aliphatic imine (C=N–C) groups is 1. The summed E-state index contributed by atoms with van der Waals surface area (Å²) in [4.78, 5) is 18.6. The fourth-order valence-corrected chi connectivity index (χ4v) is 5.21. The molecule has 0 atom stereocenters. The van der Waals surface area contributed by atoms with Crippen LogP contribution < -0.4 is 0 Å². The number of aromatic nitrogens is 1. The first-order valence-corrected chi connectivity index (χ1v) is 13.4. The van der Waals surface area contributed by atoms with Gasteiger partial charge in [-0.15, -0.1) is 11.8 Å². The number of thioether (sulfide) groups is 1. The highest BCUT2D eigenvalue weighted by Gasteiger charge is 2.13. The Morgan fingerprint density at radius 3 is 2.42 bits per heavy atom. The first-order valence-electron chi connectivity index (χ1n) is 12.0. The molecule has 0 unspecified atom stereocenters. The first kappa shape index (κ1) is 25.9. The van der Waals surface area contributed by atoms with E-state index in [1.807, 2.05) is 23.9 Å². The van der Waals surface area contributed by atoms with Gasteiger partial charge in [0.15, 0.2) is 0 Å². The number of benzene rings is 3. The number of halogens is 1. The molecule has 1 aliphatic heterocycles. The first-order chi connectivity index (χ1) is 17.5. The van der Waals surface area contributed by atoms with Crippen LogP contribution in [0.2, 0.25) is 5.02 Å². The molecule has 0 radical (unpaired) electrons. The van der Waals surface area contributed by atoms with Gasteiger partial charge in [0.25, 0.3) is 0 Å². The van der Waals surface area contributed by atoms with Gasteiger partial charge in [-0.2, -0.15) is 0 Å². The third kappa shape index (κ3) is 6.93. The lowest BCUT2D eigenvalue weighted by Gasteiger charge is -2.10. The van der Waals surface area contributed by atoms with E-state index < -0.39 is 5.97 Å². The van der Waals surface area contributed by atoms with E-state index in [1.165, 1.54) is 33.6 Å².